The number of hydrogen-bond acceptors (Lipinski definition) is 4. The summed E-state index contributed by atoms with van der Waals surface area (Å²) in [5.74, 6) is -0.231. The smallest absolute Gasteiger partial charge is 0.260 e. The van der Waals surface area contributed by atoms with E-state index in [2.05, 4.69) is 12.2 Å². The lowest BCUT2D eigenvalue weighted by atomic mass is 9.88. The fraction of sp³-hybridized carbons (Fsp3) is 0.333. The van der Waals surface area contributed by atoms with Crippen LogP contribution in [0.2, 0.25) is 10.0 Å². The first kappa shape index (κ1) is 19.0. The SMILES string of the molecule is COc1c(Cl)cc(Cl)cc1C(=O)Nc1sc2c(c1C(N)=O)CC[C@@H](C)C2. The Morgan fingerprint density at radius 3 is 2.73 bits per heavy atom. The molecule has 0 aliphatic heterocycles. The molecule has 26 heavy (non-hydrogen) atoms. The minimum Gasteiger partial charge on any atom is -0.494 e. The van der Waals surface area contributed by atoms with E-state index in [9.17, 15) is 9.59 Å². The number of fused-ring (bicyclic) bond motifs is 1. The van der Waals surface area contributed by atoms with Crippen LogP contribution in [-0.4, -0.2) is 18.9 Å². The maximum Gasteiger partial charge on any atom is 0.260 e. The number of benzene rings is 1. The number of amides is 2. The van der Waals surface area contributed by atoms with Crippen molar-refractivity contribution in [3.63, 3.8) is 0 Å². The summed E-state index contributed by atoms with van der Waals surface area (Å²) in [6.07, 6.45) is 2.66. The highest BCUT2D eigenvalue weighted by molar-refractivity contribution is 7.17. The molecule has 5 nitrogen and oxygen atoms in total. The maximum atomic E-state index is 12.8. The zero-order chi connectivity index (χ0) is 19.0. The van der Waals surface area contributed by atoms with Crippen molar-refractivity contribution in [2.75, 3.05) is 12.4 Å². The molecule has 3 N–H and O–H groups in total. The first-order valence-corrected chi connectivity index (χ1v) is 9.67. The van der Waals surface area contributed by atoms with Gasteiger partial charge >= 0.3 is 0 Å². The minimum absolute atomic E-state index is 0.195. The Hall–Kier alpha value is -1.76. The number of carbonyl (C=O) groups excluding carboxylic acids is 2. The number of methoxy groups -OCH3 is 1. The summed E-state index contributed by atoms with van der Waals surface area (Å²) in [6, 6.07) is 2.97. The van der Waals surface area contributed by atoms with Crippen LogP contribution in [0.15, 0.2) is 12.1 Å². The number of nitrogens with one attached hydrogen (secondary N) is 1. The van der Waals surface area contributed by atoms with Crippen LogP contribution in [-0.2, 0) is 12.8 Å². The van der Waals surface area contributed by atoms with E-state index < -0.39 is 11.8 Å². The number of primary amides is 1. The van der Waals surface area contributed by atoms with Crippen molar-refractivity contribution >= 4 is 51.4 Å². The molecule has 8 heteroatoms. The molecule has 0 radical (unpaired) electrons. The van der Waals surface area contributed by atoms with E-state index in [0.717, 1.165) is 29.7 Å². The number of carbonyl (C=O) groups is 2. The Morgan fingerprint density at radius 1 is 1.35 bits per heavy atom. The van der Waals surface area contributed by atoms with Crippen LogP contribution in [0.25, 0.3) is 0 Å². The topological polar surface area (TPSA) is 81.4 Å². The molecule has 0 saturated carbocycles. The lowest BCUT2D eigenvalue weighted by Gasteiger charge is -2.18. The second-order valence-corrected chi connectivity index (χ2v) is 8.29. The molecule has 0 fully saturated rings. The molecular formula is C18H18Cl2N2O3S. The van der Waals surface area contributed by atoms with E-state index in [1.165, 1.54) is 30.6 Å². The number of halogens is 2. The highest BCUT2D eigenvalue weighted by Gasteiger charge is 2.28. The summed E-state index contributed by atoms with van der Waals surface area (Å²) in [4.78, 5) is 25.9. The summed E-state index contributed by atoms with van der Waals surface area (Å²) in [6.45, 7) is 2.17. The number of hydrogen-bond donors (Lipinski definition) is 2. The van der Waals surface area contributed by atoms with Gasteiger partial charge in [-0.3, -0.25) is 9.59 Å². The largest absolute Gasteiger partial charge is 0.494 e. The molecule has 0 unspecified atom stereocenters. The number of rotatable bonds is 4. The van der Waals surface area contributed by atoms with Crippen molar-refractivity contribution in [3.05, 3.63) is 43.7 Å². The average Bonchev–Trinajstić information content (AvgIpc) is 2.91. The Labute approximate surface area is 165 Å². The lowest BCUT2D eigenvalue weighted by Crippen LogP contribution is -2.19. The predicted octanol–water partition coefficient (Wildman–Crippen LogP) is 4.54. The molecule has 1 aliphatic carbocycles. The number of anilines is 1. The molecule has 1 heterocycles. The summed E-state index contributed by atoms with van der Waals surface area (Å²) in [5, 5.41) is 3.80. The first-order valence-electron chi connectivity index (χ1n) is 8.10. The third-order valence-electron chi connectivity index (χ3n) is 4.44. The van der Waals surface area contributed by atoms with Crippen LogP contribution in [0.1, 0.15) is 44.5 Å². The van der Waals surface area contributed by atoms with Crippen LogP contribution in [0.4, 0.5) is 5.00 Å². The molecule has 1 aromatic heterocycles. The van der Waals surface area contributed by atoms with Crippen molar-refractivity contribution in [2.24, 2.45) is 11.7 Å². The highest BCUT2D eigenvalue weighted by Crippen LogP contribution is 2.40. The normalized spacial score (nSPS) is 16.1. The molecule has 1 atom stereocenters. The van der Waals surface area contributed by atoms with Gasteiger partial charge in [0.2, 0.25) is 0 Å². The van der Waals surface area contributed by atoms with Crippen molar-refractivity contribution in [3.8, 4) is 5.75 Å². The van der Waals surface area contributed by atoms with Gasteiger partial charge in [0.1, 0.15) is 10.8 Å². The summed E-state index contributed by atoms with van der Waals surface area (Å²) >= 11 is 13.5. The Balaban J connectivity index is 2.00. The Bertz CT molecular complexity index is 895. The minimum atomic E-state index is -0.538. The van der Waals surface area contributed by atoms with Crippen LogP contribution >= 0.6 is 34.5 Å². The van der Waals surface area contributed by atoms with Gasteiger partial charge in [0, 0.05) is 9.90 Å². The summed E-state index contributed by atoms with van der Waals surface area (Å²) in [7, 11) is 1.42. The van der Waals surface area contributed by atoms with Crippen molar-refractivity contribution < 1.29 is 14.3 Å². The summed E-state index contributed by atoms with van der Waals surface area (Å²) in [5.41, 5.74) is 7.13. The van der Waals surface area contributed by atoms with Gasteiger partial charge in [0.15, 0.2) is 0 Å². The standard InChI is InChI=1S/C18H18Cl2N2O3S/c1-8-3-4-10-13(5-8)26-18(14(10)16(21)23)22-17(24)11-6-9(19)7-12(20)15(11)25-2/h6-8H,3-5H2,1-2H3,(H2,21,23)(H,22,24)/t8-/m1/s1. The number of ether oxygens (including phenoxy) is 1. The molecule has 0 bridgehead atoms. The molecule has 0 saturated heterocycles. The second kappa shape index (κ2) is 7.47. The van der Waals surface area contributed by atoms with Gasteiger partial charge in [-0.25, -0.2) is 0 Å². The van der Waals surface area contributed by atoms with Crippen LogP contribution in [0, 0.1) is 5.92 Å². The monoisotopic (exact) mass is 412 g/mol. The average molecular weight is 413 g/mol. The van der Waals surface area contributed by atoms with Gasteiger partial charge in [-0.05, 0) is 42.9 Å². The second-order valence-electron chi connectivity index (χ2n) is 6.34. The number of thiophene rings is 1. The first-order chi connectivity index (χ1) is 12.3. The molecule has 0 spiro atoms. The fourth-order valence-corrected chi connectivity index (χ4v) is 5.19. The summed E-state index contributed by atoms with van der Waals surface area (Å²) < 4.78 is 5.22. The third-order valence-corrected chi connectivity index (χ3v) is 6.11. The van der Waals surface area contributed by atoms with Crippen molar-refractivity contribution in [2.45, 2.75) is 26.2 Å². The number of nitrogens with two attached hydrogens (primary N) is 1. The van der Waals surface area contributed by atoms with E-state index >= 15 is 0 Å². The van der Waals surface area contributed by atoms with E-state index in [-0.39, 0.29) is 16.3 Å². The van der Waals surface area contributed by atoms with Crippen LogP contribution in [0.5, 0.6) is 5.75 Å². The third kappa shape index (κ3) is 3.54. The van der Waals surface area contributed by atoms with E-state index in [0.29, 0.717) is 21.5 Å². The van der Waals surface area contributed by atoms with E-state index in [4.69, 9.17) is 33.7 Å². The molecule has 2 aromatic rings. The zero-order valence-corrected chi connectivity index (χ0v) is 16.6. The molecule has 2 amide bonds. The van der Waals surface area contributed by atoms with Crippen molar-refractivity contribution in [1.82, 2.24) is 0 Å². The highest BCUT2D eigenvalue weighted by atomic mass is 35.5. The lowest BCUT2D eigenvalue weighted by molar-refractivity contribution is 0.1000. The Morgan fingerprint density at radius 2 is 2.08 bits per heavy atom. The quantitative estimate of drug-likeness (QED) is 0.772. The van der Waals surface area contributed by atoms with Gasteiger partial charge in [-0.15, -0.1) is 11.3 Å². The van der Waals surface area contributed by atoms with Crippen molar-refractivity contribution in [1.29, 1.82) is 0 Å². The van der Waals surface area contributed by atoms with E-state index in [1.807, 2.05) is 0 Å². The maximum absolute atomic E-state index is 12.8. The molecule has 1 aromatic carbocycles. The van der Waals surface area contributed by atoms with Gasteiger partial charge < -0.3 is 15.8 Å². The Kier molecular flexibility index (Phi) is 5.46. The molecule has 3 rings (SSSR count). The fourth-order valence-electron chi connectivity index (χ4n) is 3.21. The van der Waals surface area contributed by atoms with Gasteiger partial charge in [0.25, 0.3) is 11.8 Å². The van der Waals surface area contributed by atoms with E-state index in [1.54, 1.807) is 0 Å². The molecule has 1 aliphatic rings. The van der Waals surface area contributed by atoms with Crippen LogP contribution in [0.3, 0.4) is 0 Å². The zero-order valence-electron chi connectivity index (χ0n) is 14.3. The van der Waals surface area contributed by atoms with Gasteiger partial charge in [0.05, 0.1) is 23.3 Å². The van der Waals surface area contributed by atoms with Gasteiger partial charge in [-0.1, -0.05) is 30.1 Å². The van der Waals surface area contributed by atoms with Crippen LogP contribution < -0.4 is 15.8 Å². The molecule has 138 valence electrons. The van der Waals surface area contributed by atoms with Gasteiger partial charge in [-0.2, -0.15) is 0 Å². The molecular weight excluding hydrogens is 395 g/mol. The predicted molar refractivity (Wildman–Crippen MR) is 105 cm³/mol.